The van der Waals surface area contributed by atoms with E-state index < -0.39 is 0 Å². The lowest BCUT2D eigenvalue weighted by Crippen LogP contribution is -2.31. The molecule has 1 fully saturated rings. The number of nitrogen functional groups attached to an aromatic ring is 1. The van der Waals surface area contributed by atoms with Crippen molar-refractivity contribution in [2.45, 2.75) is 25.7 Å². The molecule has 0 radical (unpaired) electrons. The quantitative estimate of drug-likeness (QED) is 0.784. The molecule has 3 N–H and O–H groups in total. The van der Waals surface area contributed by atoms with Gasteiger partial charge in [0.1, 0.15) is 0 Å². The highest BCUT2D eigenvalue weighted by atomic mass is 15.1. The first kappa shape index (κ1) is 12.2. The SMILES string of the molecule is CNc1ccc(N)cc1CCN1CCCCC1. The maximum Gasteiger partial charge on any atom is 0.0372 e. The number of nitrogens with zero attached hydrogens (tertiary/aromatic N) is 1. The Morgan fingerprint density at radius 2 is 2.00 bits per heavy atom. The highest BCUT2D eigenvalue weighted by Crippen LogP contribution is 2.20. The zero-order chi connectivity index (χ0) is 12.1. The molecule has 3 heteroatoms. The molecule has 1 aliphatic rings. The van der Waals surface area contributed by atoms with Crippen molar-refractivity contribution in [2.75, 3.05) is 37.7 Å². The van der Waals surface area contributed by atoms with Gasteiger partial charge in [0, 0.05) is 25.0 Å². The second-order valence-corrected chi connectivity index (χ2v) is 4.82. The summed E-state index contributed by atoms with van der Waals surface area (Å²) in [5, 5.41) is 3.24. The minimum absolute atomic E-state index is 0.859. The zero-order valence-corrected chi connectivity index (χ0v) is 10.7. The van der Waals surface area contributed by atoms with Crippen molar-refractivity contribution in [3.8, 4) is 0 Å². The predicted octanol–water partition coefficient (Wildman–Crippen LogP) is 2.34. The number of hydrogen-bond donors (Lipinski definition) is 2. The highest BCUT2D eigenvalue weighted by Gasteiger charge is 2.10. The molecule has 1 aromatic carbocycles. The van der Waals surface area contributed by atoms with Gasteiger partial charge in [0.2, 0.25) is 0 Å². The Bertz CT molecular complexity index is 356. The van der Waals surface area contributed by atoms with Gasteiger partial charge in [-0.05, 0) is 56.1 Å². The van der Waals surface area contributed by atoms with Gasteiger partial charge in [-0.3, -0.25) is 0 Å². The van der Waals surface area contributed by atoms with Crippen molar-refractivity contribution in [2.24, 2.45) is 0 Å². The van der Waals surface area contributed by atoms with Gasteiger partial charge in [0.05, 0.1) is 0 Å². The predicted molar refractivity (Wildman–Crippen MR) is 74.4 cm³/mol. The van der Waals surface area contributed by atoms with E-state index >= 15 is 0 Å². The minimum Gasteiger partial charge on any atom is -0.399 e. The molecule has 0 aromatic heterocycles. The van der Waals surface area contributed by atoms with Crippen LogP contribution < -0.4 is 11.1 Å². The summed E-state index contributed by atoms with van der Waals surface area (Å²) in [6.45, 7) is 3.67. The molecular formula is C14H23N3. The summed E-state index contributed by atoms with van der Waals surface area (Å²) in [5.41, 5.74) is 9.24. The zero-order valence-electron chi connectivity index (χ0n) is 10.7. The Kier molecular flexibility index (Phi) is 4.26. The van der Waals surface area contributed by atoms with Crippen LogP contribution in [-0.2, 0) is 6.42 Å². The van der Waals surface area contributed by atoms with E-state index in [9.17, 15) is 0 Å². The summed E-state index contributed by atoms with van der Waals surface area (Å²) in [7, 11) is 1.97. The standard InChI is InChI=1S/C14H23N3/c1-16-14-6-5-13(15)11-12(14)7-10-17-8-3-2-4-9-17/h5-6,11,16H,2-4,7-10,15H2,1H3. The molecule has 17 heavy (non-hydrogen) atoms. The van der Waals surface area contributed by atoms with Gasteiger partial charge in [-0.1, -0.05) is 6.42 Å². The van der Waals surface area contributed by atoms with E-state index in [0.717, 1.165) is 18.7 Å². The van der Waals surface area contributed by atoms with Crippen LogP contribution in [0, 0.1) is 0 Å². The Balaban J connectivity index is 1.95. The van der Waals surface area contributed by atoms with Gasteiger partial charge in [-0.25, -0.2) is 0 Å². The number of rotatable bonds is 4. The molecule has 0 unspecified atom stereocenters. The van der Waals surface area contributed by atoms with Crippen LogP contribution in [-0.4, -0.2) is 31.6 Å². The summed E-state index contributed by atoms with van der Waals surface area (Å²) in [4.78, 5) is 2.56. The van der Waals surface area contributed by atoms with E-state index in [4.69, 9.17) is 5.73 Å². The topological polar surface area (TPSA) is 41.3 Å². The van der Waals surface area contributed by atoms with Crippen LogP contribution in [0.2, 0.25) is 0 Å². The van der Waals surface area contributed by atoms with E-state index in [-0.39, 0.29) is 0 Å². The maximum atomic E-state index is 5.85. The fourth-order valence-electron chi connectivity index (χ4n) is 2.53. The van der Waals surface area contributed by atoms with Gasteiger partial charge in [-0.15, -0.1) is 0 Å². The number of likely N-dealkylation sites (tertiary alicyclic amines) is 1. The fraction of sp³-hybridized carbons (Fsp3) is 0.571. The molecule has 0 spiro atoms. The number of benzene rings is 1. The van der Waals surface area contributed by atoms with Gasteiger partial charge in [0.25, 0.3) is 0 Å². The summed E-state index contributed by atoms with van der Waals surface area (Å²) >= 11 is 0. The number of anilines is 2. The lowest BCUT2D eigenvalue weighted by molar-refractivity contribution is 0.231. The third-order valence-corrected chi connectivity index (χ3v) is 3.54. The average Bonchev–Trinajstić information content (AvgIpc) is 2.38. The molecule has 1 aromatic rings. The van der Waals surface area contributed by atoms with Gasteiger partial charge >= 0.3 is 0 Å². The van der Waals surface area contributed by atoms with Crippen molar-refractivity contribution in [3.05, 3.63) is 23.8 Å². The maximum absolute atomic E-state index is 5.85. The molecular weight excluding hydrogens is 210 g/mol. The summed E-state index contributed by atoms with van der Waals surface area (Å²) in [6, 6.07) is 6.12. The van der Waals surface area contributed by atoms with Crippen LogP contribution in [0.15, 0.2) is 18.2 Å². The molecule has 0 saturated carbocycles. The Hall–Kier alpha value is -1.22. The largest absolute Gasteiger partial charge is 0.399 e. The van der Waals surface area contributed by atoms with Crippen LogP contribution in [0.4, 0.5) is 11.4 Å². The lowest BCUT2D eigenvalue weighted by Gasteiger charge is -2.26. The molecule has 0 aliphatic carbocycles. The third-order valence-electron chi connectivity index (χ3n) is 3.54. The van der Waals surface area contributed by atoms with Crippen LogP contribution in [0.1, 0.15) is 24.8 Å². The molecule has 3 nitrogen and oxygen atoms in total. The normalized spacial score (nSPS) is 17.0. The van der Waals surface area contributed by atoms with Crippen LogP contribution >= 0.6 is 0 Å². The summed E-state index contributed by atoms with van der Waals surface area (Å²) < 4.78 is 0. The van der Waals surface area contributed by atoms with Gasteiger partial charge in [0.15, 0.2) is 0 Å². The lowest BCUT2D eigenvalue weighted by atomic mass is 10.1. The highest BCUT2D eigenvalue weighted by molar-refractivity contribution is 5.57. The molecule has 0 bridgehead atoms. The monoisotopic (exact) mass is 233 g/mol. The van der Waals surface area contributed by atoms with Gasteiger partial charge in [-0.2, -0.15) is 0 Å². The number of piperidine rings is 1. The van der Waals surface area contributed by atoms with Crippen molar-refractivity contribution < 1.29 is 0 Å². The van der Waals surface area contributed by atoms with Gasteiger partial charge < -0.3 is 16.0 Å². The first-order valence-electron chi connectivity index (χ1n) is 6.58. The first-order chi connectivity index (χ1) is 8.29. The summed E-state index contributed by atoms with van der Waals surface area (Å²) in [5.74, 6) is 0. The number of nitrogens with one attached hydrogen (secondary N) is 1. The third kappa shape index (κ3) is 3.37. The smallest absolute Gasteiger partial charge is 0.0372 e. The van der Waals surface area contributed by atoms with E-state index in [1.807, 2.05) is 13.1 Å². The van der Waals surface area contributed by atoms with E-state index in [2.05, 4.69) is 22.3 Å². The van der Waals surface area contributed by atoms with E-state index in [1.165, 1.54) is 43.6 Å². The molecule has 1 aliphatic heterocycles. The Morgan fingerprint density at radius 1 is 1.24 bits per heavy atom. The van der Waals surface area contributed by atoms with E-state index in [0.29, 0.717) is 0 Å². The average molecular weight is 233 g/mol. The van der Waals surface area contributed by atoms with Crippen LogP contribution in [0.3, 0.4) is 0 Å². The second-order valence-electron chi connectivity index (χ2n) is 4.82. The molecule has 0 atom stereocenters. The molecule has 1 saturated heterocycles. The first-order valence-corrected chi connectivity index (χ1v) is 6.58. The summed E-state index contributed by atoms with van der Waals surface area (Å²) in [6.07, 6.45) is 5.20. The number of hydrogen-bond acceptors (Lipinski definition) is 3. The van der Waals surface area contributed by atoms with Crippen molar-refractivity contribution in [1.82, 2.24) is 4.90 Å². The van der Waals surface area contributed by atoms with E-state index in [1.54, 1.807) is 0 Å². The van der Waals surface area contributed by atoms with Crippen molar-refractivity contribution in [3.63, 3.8) is 0 Å². The molecule has 94 valence electrons. The fourth-order valence-corrected chi connectivity index (χ4v) is 2.53. The Morgan fingerprint density at radius 3 is 2.71 bits per heavy atom. The molecule has 0 amide bonds. The van der Waals surface area contributed by atoms with Crippen molar-refractivity contribution in [1.29, 1.82) is 0 Å². The molecule has 1 heterocycles. The Labute approximate surface area is 104 Å². The van der Waals surface area contributed by atoms with Crippen molar-refractivity contribution >= 4 is 11.4 Å². The van der Waals surface area contributed by atoms with Crippen LogP contribution in [0.5, 0.6) is 0 Å². The second kappa shape index (κ2) is 5.92. The van der Waals surface area contributed by atoms with Crippen LogP contribution in [0.25, 0.3) is 0 Å². The minimum atomic E-state index is 0.859. The number of nitrogens with two attached hydrogens (primary N) is 1. The molecule has 2 rings (SSSR count).